The number of aliphatic hydroxyl groups excluding tert-OH is 1. The molecule has 0 bridgehead atoms. The van der Waals surface area contributed by atoms with Crippen molar-refractivity contribution in [2.45, 2.75) is 6.61 Å². The number of anilines is 1. The number of hydrogen-bond donors (Lipinski definition) is 2. The van der Waals surface area contributed by atoms with Crippen molar-refractivity contribution in [2.75, 3.05) is 11.9 Å². The van der Waals surface area contributed by atoms with Crippen LogP contribution in [0.2, 0.25) is 5.02 Å². The van der Waals surface area contributed by atoms with Gasteiger partial charge in [-0.2, -0.15) is 0 Å². The summed E-state index contributed by atoms with van der Waals surface area (Å²) in [6, 6.07) is 13.8. The fourth-order valence-corrected chi connectivity index (χ4v) is 1.79. The van der Waals surface area contributed by atoms with Gasteiger partial charge in [0, 0.05) is 10.7 Å². The summed E-state index contributed by atoms with van der Waals surface area (Å²) >= 11 is 5.83. The Morgan fingerprint density at radius 2 is 1.95 bits per heavy atom. The van der Waals surface area contributed by atoms with Gasteiger partial charge in [-0.3, -0.25) is 4.79 Å². The second-order valence-electron chi connectivity index (χ2n) is 4.15. The Morgan fingerprint density at radius 1 is 1.20 bits per heavy atom. The third-order valence-corrected chi connectivity index (χ3v) is 2.82. The minimum atomic E-state index is -0.265. The maximum atomic E-state index is 11.7. The molecule has 5 heteroatoms. The molecule has 0 aliphatic heterocycles. The SMILES string of the molecule is O=C(COc1ccc(CO)cc1)Nc1cccc(Cl)c1. The Balaban J connectivity index is 1.85. The molecule has 0 aromatic heterocycles. The van der Waals surface area contributed by atoms with E-state index in [4.69, 9.17) is 21.4 Å². The molecule has 0 spiro atoms. The molecule has 2 rings (SSSR count). The average molecular weight is 292 g/mol. The number of aliphatic hydroxyl groups is 1. The topological polar surface area (TPSA) is 58.6 Å². The van der Waals surface area contributed by atoms with E-state index < -0.39 is 0 Å². The van der Waals surface area contributed by atoms with Crippen molar-refractivity contribution in [3.63, 3.8) is 0 Å². The minimum absolute atomic E-state index is 0.0183. The number of ether oxygens (including phenoxy) is 1. The first kappa shape index (κ1) is 14.4. The summed E-state index contributed by atoms with van der Waals surface area (Å²) in [4.78, 5) is 11.7. The number of amides is 1. The van der Waals surface area contributed by atoms with Gasteiger partial charge in [-0.1, -0.05) is 29.8 Å². The highest BCUT2D eigenvalue weighted by Gasteiger charge is 2.04. The van der Waals surface area contributed by atoms with Gasteiger partial charge in [-0.05, 0) is 35.9 Å². The molecule has 0 heterocycles. The van der Waals surface area contributed by atoms with Crippen LogP contribution in [0, 0.1) is 0 Å². The van der Waals surface area contributed by atoms with Crippen LogP contribution >= 0.6 is 11.6 Å². The second kappa shape index (κ2) is 6.93. The lowest BCUT2D eigenvalue weighted by molar-refractivity contribution is -0.118. The molecule has 0 fully saturated rings. The molecule has 2 N–H and O–H groups in total. The van der Waals surface area contributed by atoms with Gasteiger partial charge in [0.05, 0.1) is 6.61 Å². The van der Waals surface area contributed by atoms with Gasteiger partial charge in [-0.15, -0.1) is 0 Å². The summed E-state index contributed by atoms with van der Waals surface area (Å²) in [6.45, 7) is -0.111. The van der Waals surface area contributed by atoms with E-state index >= 15 is 0 Å². The van der Waals surface area contributed by atoms with E-state index in [0.29, 0.717) is 16.5 Å². The molecule has 0 unspecified atom stereocenters. The Bertz CT molecular complexity index is 584. The summed E-state index contributed by atoms with van der Waals surface area (Å²) in [6.07, 6.45) is 0. The molecular weight excluding hydrogens is 278 g/mol. The van der Waals surface area contributed by atoms with E-state index in [2.05, 4.69) is 5.32 Å². The van der Waals surface area contributed by atoms with Crippen LogP contribution < -0.4 is 10.1 Å². The monoisotopic (exact) mass is 291 g/mol. The first-order valence-electron chi connectivity index (χ1n) is 6.05. The van der Waals surface area contributed by atoms with Crippen LogP contribution in [0.5, 0.6) is 5.75 Å². The maximum Gasteiger partial charge on any atom is 0.262 e. The lowest BCUT2D eigenvalue weighted by Gasteiger charge is -2.08. The molecule has 4 nitrogen and oxygen atoms in total. The van der Waals surface area contributed by atoms with Crippen LogP contribution in [0.25, 0.3) is 0 Å². The first-order chi connectivity index (χ1) is 9.67. The molecule has 0 saturated heterocycles. The zero-order chi connectivity index (χ0) is 14.4. The predicted octanol–water partition coefficient (Wildman–Crippen LogP) is 2.85. The summed E-state index contributed by atoms with van der Waals surface area (Å²) in [5.74, 6) is 0.307. The summed E-state index contributed by atoms with van der Waals surface area (Å²) < 4.78 is 5.34. The van der Waals surface area contributed by atoms with E-state index in [0.717, 1.165) is 5.56 Å². The minimum Gasteiger partial charge on any atom is -0.484 e. The fraction of sp³-hybridized carbons (Fsp3) is 0.133. The number of nitrogens with one attached hydrogen (secondary N) is 1. The van der Waals surface area contributed by atoms with E-state index in [1.165, 1.54) is 0 Å². The molecule has 20 heavy (non-hydrogen) atoms. The number of carbonyl (C=O) groups is 1. The van der Waals surface area contributed by atoms with Crippen molar-refractivity contribution in [3.05, 3.63) is 59.1 Å². The smallest absolute Gasteiger partial charge is 0.262 e. The third-order valence-electron chi connectivity index (χ3n) is 2.58. The van der Waals surface area contributed by atoms with Crippen molar-refractivity contribution >= 4 is 23.2 Å². The van der Waals surface area contributed by atoms with Crippen LogP contribution in [0.15, 0.2) is 48.5 Å². The Morgan fingerprint density at radius 3 is 2.60 bits per heavy atom. The van der Waals surface area contributed by atoms with Crippen molar-refractivity contribution < 1.29 is 14.6 Å². The molecule has 0 radical (unpaired) electrons. The van der Waals surface area contributed by atoms with Gasteiger partial charge in [0.15, 0.2) is 6.61 Å². The van der Waals surface area contributed by atoms with Crippen LogP contribution in [0.4, 0.5) is 5.69 Å². The number of hydrogen-bond acceptors (Lipinski definition) is 3. The number of rotatable bonds is 5. The Kier molecular flexibility index (Phi) is 4.98. The fourth-order valence-electron chi connectivity index (χ4n) is 1.60. The molecule has 1 amide bonds. The van der Waals surface area contributed by atoms with Crippen LogP contribution in [-0.4, -0.2) is 17.6 Å². The Hall–Kier alpha value is -2.04. The third kappa shape index (κ3) is 4.26. The largest absolute Gasteiger partial charge is 0.484 e. The summed E-state index contributed by atoms with van der Waals surface area (Å²) in [5, 5.41) is 12.2. The molecule has 0 aliphatic carbocycles. The average Bonchev–Trinajstić information content (AvgIpc) is 2.46. The molecule has 104 valence electrons. The zero-order valence-corrected chi connectivity index (χ0v) is 11.4. The van der Waals surface area contributed by atoms with Crippen LogP contribution in [0.1, 0.15) is 5.56 Å². The summed E-state index contributed by atoms with van der Waals surface area (Å²) in [5.41, 5.74) is 1.42. The number of carbonyl (C=O) groups excluding carboxylic acids is 1. The molecule has 0 saturated carbocycles. The predicted molar refractivity (Wildman–Crippen MR) is 77.9 cm³/mol. The van der Waals surface area contributed by atoms with Crippen molar-refractivity contribution in [1.82, 2.24) is 0 Å². The second-order valence-corrected chi connectivity index (χ2v) is 4.59. The van der Waals surface area contributed by atoms with Crippen LogP contribution in [-0.2, 0) is 11.4 Å². The standard InChI is InChI=1S/C15H14ClNO3/c16-12-2-1-3-13(8-12)17-15(19)10-20-14-6-4-11(9-18)5-7-14/h1-8,18H,9-10H2,(H,17,19). The van der Waals surface area contributed by atoms with Crippen molar-refractivity contribution in [3.8, 4) is 5.75 Å². The van der Waals surface area contributed by atoms with E-state index in [-0.39, 0.29) is 19.1 Å². The van der Waals surface area contributed by atoms with Gasteiger partial charge in [0.1, 0.15) is 5.75 Å². The quantitative estimate of drug-likeness (QED) is 0.890. The first-order valence-corrected chi connectivity index (χ1v) is 6.43. The normalized spacial score (nSPS) is 10.1. The number of halogens is 1. The molecule has 0 atom stereocenters. The van der Waals surface area contributed by atoms with Crippen molar-refractivity contribution in [2.24, 2.45) is 0 Å². The van der Waals surface area contributed by atoms with Gasteiger partial charge in [0.25, 0.3) is 5.91 Å². The molecule has 2 aromatic carbocycles. The van der Waals surface area contributed by atoms with Crippen molar-refractivity contribution in [1.29, 1.82) is 0 Å². The zero-order valence-electron chi connectivity index (χ0n) is 10.7. The highest BCUT2D eigenvalue weighted by molar-refractivity contribution is 6.30. The van der Waals surface area contributed by atoms with Gasteiger partial charge in [-0.25, -0.2) is 0 Å². The maximum absolute atomic E-state index is 11.7. The number of benzene rings is 2. The van der Waals surface area contributed by atoms with Crippen LogP contribution in [0.3, 0.4) is 0 Å². The van der Waals surface area contributed by atoms with E-state index in [1.807, 2.05) is 0 Å². The van der Waals surface area contributed by atoms with E-state index in [1.54, 1.807) is 48.5 Å². The lowest BCUT2D eigenvalue weighted by Crippen LogP contribution is -2.20. The molecule has 2 aromatic rings. The van der Waals surface area contributed by atoms with Gasteiger partial charge < -0.3 is 15.2 Å². The lowest BCUT2D eigenvalue weighted by atomic mass is 10.2. The highest BCUT2D eigenvalue weighted by Crippen LogP contribution is 2.15. The molecular formula is C15H14ClNO3. The Labute approximate surface area is 122 Å². The molecule has 0 aliphatic rings. The van der Waals surface area contributed by atoms with Gasteiger partial charge >= 0.3 is 0 Å². The van der Waals surface area contributed by atoms with Gasteiger partial charge in [0.2, 0.25) is 0 Å². The summed E-state index contributed by atoms with van der Waals surface area (Å²) in [7, 11) is 0. The van der Waals surface area contributed by atoms with E-state index in [9.17, 15) is 4.79 Å². The highest BCUT2D eigenvalue weighted by atomic mass is 35.5.